The van der Waals surface area contributed by atoms with E-state index in [0.717, 1.165) is 29.8 Å². The second-order valence-electron chi connectivity index (χ2n) is 4.81. The second-order valence-corrected chi connectivity index (χ2v) is 6.74. The third-order valence-electron chi connectivity index (χ3n) is 3.16. The largest absolute Gasteiger partial charge is 0.573 e. The fourth-order valence-electron chi connectivity index (χ4n) is 2.02. The summed E-state index contributed by atoms with van der Waals surface area (Å²) in [5, 5.41) is 0. The Morgan fingerprint density at radius 1 is 1.08 bits per heavy atom. The van der Waals surface area contributed by atoms with Crippen molar-refractivity contribution in [3.05, 3.63) is 54.4 Å². The van der Waals surface area contributed by atoms with Crippen molar-refractivity contribution < 1.29 is 26.3 Å². The molecule has 0 atom stereocenters. The molecule has 1 aromatic heterocycles. The van der Waals surface area contributed by atoms with E-state index >= 15 is 0 Å². The molecule has 9 heteroatoms. The van der Waals surface area contributed by atoms with Crippen molar-refractivity contribution in [3.8, 4) is 5.75 Å². The lowest BCUT2D eigenvalue weighted by molar-refractivity contribution is -0.274. The number of benzene rings is 1. The fourth-order valence-corrected chi connectivity index (χ4v) is 3.46. The number of aromatic nitrogens is 1. The lowest BCUT2D eigenvalue weighted by atomic mass is 10.3. The van der Waals surface area contributed by atoms with E-state index in [9.17, 15) is 21.6 Å². The van der Waals surface area contributed by atoms with Gasteiger partial charge in [-0.05, 0) is 42.0 Å². The molecule has 0 aliphatic heterocycles. The summed E-state index contributed by atoms with van der Waals surface area (Å²) >= 11 is 0. The van der Waals surface area contributed by atoms with Gasteiger partial charge in [0.05, 0.1) is 4.90 Å². The molecule has 0 spiro atoms. The highest BCUT2D eigenvalue weighted by Gasteiger charge is 2.31. The first-order chi connectivity index (χ1) is 11.2. The number of ether oxygens (including phenoxy) is 1. The number of hydrogen-bond donors (Lipinski definition) is 0. The van der Waals surface area contributed by atoms with Gasteiger partial charge in [0.1, 0.15) is 5.75 Å². The molecule has 0 unspecified atom stereocenters. The summed E-state index contributed by atoms with van der Waals surface area (Å²) in [7, 11) is -3.83. The summed E-state index contributed by atoms with van der Waals surface area (Å²) in [5.74, 6) is -0.473. The molecule has 1 heterocycles. The molecule has 0 aliphatic rings. The number of hydrogen-bond acceptors (Lipinski definition) is 4. The predicted octanol–water partition coefficient (Wildman–Crippen LogP) is 3.19. The molecule has 5 nitrogen and oxygen atoms in total. The summed E-state index contributed by atoms with van der Waals surface area (Å²) in [6, 6.07) is 7.51. The minimum Gasteiger partial charge on any atom is -0.406 e. The Kier molecular flexibility index (Phi) is 5.45. The number of alkyl halides is 3. The monoisotopic (exact) mass is 360 g/mol. The van der Waals surface area contributed by atoms with Crippen LogP contribution in [0.2, 0.25) is 0 Å². The van der Waals surface area contributed by atoms with Crippen LogP contribution in [0, 0.1) is 0 Å². The van der Waals surface area contributed by atoms with Crippen LogP contribution in [-0.4, -0.2) is 30.6 Å². The van der Waals surface area contributed by atoms with Crippen LogP contribution in [0.1, 0.15) is 12.5 Å². The molecular weight excluding hydrogens is 345 g/mol. The van der Waals surface area contributed by atoms with Gasteiger partial charge in [0.2, 0.25) is 10.0 Å². The van der Waals surface area contributed by atoms with Gasteiger partial charge in [0.15, 0.2) is 0 Å². The first-order valence-electron chi connectivity index (χ1n) is 6.97. The van der Waals surface area contributed by atoms with E-state index in [1.807, 2.05) is 0 Å². The van der Waals surface area contributed by atoms with Crippen molar-refractivity contribution >= 4 is 10.0 Å². The van der Waals surface area contributed by atoms with Gasteiger partial charge in [-0.15, -0.1) is 13.2 Å². The molecule has 0 aliphatic carbocycles. The summed E-state index contributed by atoms with van der Waals surface area (Å²) < 4.78 is 66.6. The molecule has 1 aromatic carbocycles. The molecule has 0 fully saturated rings. The number of pyridine rings is 1. The van der Waals surface area contributed by atoms with Gasteiger partial charge in [-0.2, -0.15) is 4.31 Å². The Balaban J connectivity index is 2.21. The quantitative estimate of drug-likeness (QED) is 0.794. The Bertz CT molecular complexity index is 763. The average molecular weight is 360 g/mol. The maximum Gasteiger partial charge on any atom is 0.573 e. The van der Waals surface area contributed by atoms with Gasteiger partial charge in [-0.25, -0.2) is 8.42 Å². The molecule has 130 valence electrons. The van der Waals surface area contributed by atoms with Gasteiger partial charge >= 0.3 is 6.36 Å². The maximum atomic E-state index is 12.6. The molecule has 2 aromatic rings. The van der Waals surface area contributed by atoms with Crippen molar-refractivity contribution in [1.82, 2.24) is 9.29 Å². The van der Waals surface area contributed by atoms with E-state index in [0.29, 0.717) is 0 Å². The minimum absolute atomic E-state index is 0.104. The number of rotatable bonds is 6. The van der Waals surface area contributed by atoms with Crippen molar-refractivity contribution in [2.75, 3.05) is 6.54 Å². The molecule has 24 heavy (non-hydrogen) atoms. The summed E-state index contributed by atoms with van der Waals surface area (Å²) in [6.07, 6.45) is -1.71. The van der Waals surface area contributed by atoms with E-state index in [1.54, 1.807) is 31.5 Å². The molecule has 0 N–H and O–H groups in total. The lowest BCUT2D eigenvalue weighted by Crippen LogP contribution is -2.30. The molecule has 0 radical (unpaired) electrons. The first-order valence-corrected chi connectivity index (χ1v) is 8.41. The second kappa shape index (κ2) is 7.18. The zero-order chi connectivity index (χ0) is 17.8. The average Bonchev–Trinajstić information content (AvgIpc) is 2.52. The Labute approximate surface area is 137 Å². The Morgan fingerprint density at radius 2 is 1.67 bits per heavy atom. The summed E-state index contributed by atoms with van der Waals surface area (Å²) in [5.41, 5.74) is 0.757. The molecule has 0 bridgehead atoms. The van der Waals surface area contributed by atoms with Gasteiger partial charge in [-0.3, -0.25) is 4.98 Å². The van der Waals surface area contributed by atoms with Crippen LogP contribution in [-0.2, 0) is 16.6 Å². The zero-order valence-corrected chi connectivity index (χ0v) is 13.5. The summed E-state index contributed by atoms with van der Waals surface area (Å²) in [6.45, 7) is 2.04. The highest BCUT2D eigenvalue weighted by molar-refractivity contribution is 7.89. The molecule has 0 saturated carbocycles. The van der Waals surface area contributed by atoms with E-state index in [1.165, 1.54) is 4.31 Å². The van der Waals surface area contributed by atoms with Gasteiger partial charge < -0.3 is 4.74 Å². The highest BCUT2D eigenvalue weighted by Crippen LogP contribution is 2.25. The fraction of sp³-hybridized carbons (Fsp3) is 0.267. The van der Waals surface area contributed by atoms with Crippen molar-refractivity contribution in [2.24, 2.45) is 0 Å². The van der Waals surface area contributed by atoms with E-state index in [4.69, 9.17) is 0 Å². The normalized spacial score (nSPS) is 12.4. The molecule has 0 saturated heterocycles. The van der Waals surface area contributed by atoms with Crippen LogP contribution in [0.15, 0.2) is 53.7 Å². The topological polar surface area (TPSA) is 59.5 Å². The van der Waals surface area contributed by atoms with Gasteiger partial charge in [0.25, 0.3) is 0 Å². The van der Waals surface area contributed by atoms with Crippen molar-refractivity contribution in [1.29, 1.82) is 0 Å². The van der Waals surface area contributed by atoms with Crippen LogP contribution < -0.4 is 4.74 Å². The van der Waals surface area contributed by atoms with E-state index in [2.05, 4.69) is 9.72 Å². The predicted molar refractivity (Wildman–Crippen MR) is 80.6 cm³/mol. The molecular formula is C15H15F3N2O3S. The lowest BCUT2D eigenvalue weighted by Gasteiger charge is -2.20. The van der Waals surface area contributed by atoms with Crippen LogP contribution >= 0.6 is 0 Å². The van der Waals surface area contributed by atoms with Crippen LogP contribution in [0.25, 0.3) is 0 Å². The van der Waals surface area contributed by atoms with Gasteiger partial charge in [-0.1, -0.05) is 6.92 Å². The SMILES string of the molecule is CCN(Cc1ccncc1)S(=O)(=O)c1ccc(OC(F)(F)F)cc1. The zero-order valence-electron chi connectivity index (χ0n) is 12.7. The minimum atomic E-state index is -4.82. The molecule has 2 rings (SSSR count). The van der Waals surface area contributed by atoms with Crippen LogP contribution in [0.5, 0.6) is 5.75 Å². The number of nitrogens with zero attached hydrogens (tertiary/aromatic N) is 2. The number of halogens is 3. The number of sulfonamides is 1. The third kappa shape index (κ3) is 4.68. The Hall–Kier alpha value is -2.13. The first kappa shape index (κ1) is 18.2. The van der Waals surface area contributed by atoms with Gasteiger partial charge in [0, 0.05) is 25.5 Å². The standard InChI is InChI=1S/C15H15F3N2O3S/c1-2-20(11-12-7-9-19-10-8-12)24(21,22)14-5-3-13(4-6-14)23-15(16,17)18/h3-10H,2,11H2,1H3. The third-order valence-corrected chi connectivity index (χ3v) is 5.09. The smallest absolute Gasteiger partial charge is 0.406 e. The highest BCUT2D eigenvalue weighted by atomic mass is 32.2. The van der Waals surface area contributed by atoms with E-state index in [-0.39, 0.29) is 18.0 Å². The van der Waals surface area contributed by atoms with Crippen LogP contribution in [0.4, 0.5) is 13.2 Å². The maximum absolute atomic E-state index is 12.6. The Morgan fingerprint density at radius 3 is 2.17 bits per heavy atom. The van der Waals surface area contributed by atoms with Crippen LogP contribution in [0.3, 0.4) is 0 Å². The molecule has 0 amide bonds. The van der Waals surface area contributed by atoms with Crippen molar-refractivity contribution in [2.45, 2.75) is 24.7 Å². The van der Waals surface area contributed by atoms with Crippen molar-refractivity contribution in [3.63, 3.8) is 0 Å². The van der Waals surface area contributed by atoms with E-state index < -0.39 is 22.1 Å². The summed E-state index contributed by atoms with van der Waals surface area (Å²) in [4.78, 5) is 3.76.